The van der Waals surface area contributed by atoms with Crippen molar-refractivity contribution in [1.82, 2.24) is 15.0 Å². The molecule has 0 fully saturated rings. The molecule has 1 heterocycles. The molecule has 21 heavy (non-hydrogen) atoms. The molecular formula is C12H16N4O3S2. The van der Waals surface area contributed by atoms with Gasteiger partial charge in [0.05, 0.1) is 16.5 Å². The highest BCUT2D eigenvalue weighted by Gasteiger charge is 2.08. The van der Waals surface area contributed by atoms with Crippen LogP contribution in [0.1, 0.15) is 16.8 Å². The molecule has 1 amide bonds. The van der Waals surface area contributed by atoms with E-state index in [0.717, 1.165) is 16.5 Å². The standard InChI is InChI=1S/C12H16N4O3S2/c1-21(18,19)15-6-2-5-14-11(17)8-3-4-9-10(7-8)20-12(13)16-9/h3-4,7,15H,2,5-6H2,1H3,(H2,13,16)(H,14,17). The fraction of sp³-hybridized carbons (Fsp3) is 0.333. The lowest BCUT2D eigenvalue weighted by Gasteiger charge is -2.05. The van der Waals surface area contributed by atoms with Crippen molar-refractivity contribution in [2.75, 3.05) is 25.1 Å². The molecule has 114 valence electrons. The second-order valence-corrected chi connectivity index (χ2v) is 7.41. The summed E-state index contributed by atoms with van der Waals surface area (Å²) in [5.74, 6) is -0.205. The number of sulfonamides is 1. The van der Waals surface area contributed by atoms with Crippen LogP contribution in [0.25, 0.3) is 10.2 Å². The highest BCUT2D eigenvalue weighted by molar-refractivity contribution is 7.88. The minimum absolute atomic E-state index is 0.205. The molecule has 2 rings (SSSR count). The Morgan fingerprint density at radius 1 is 1.38 bits per heavy atom. The number of nitrogens with two attached hydrogens (primary N) is 1. The molecular weight excluding hydrogens is 312 g/mol. The van der Waals surface area contributed by atoms with E-state index >= 15 is 0 Å². The Morgan fingerprint density at radius 3 is 2.86 bits per heavy atom. The third kappa shape index (κ3) is 4.66. The zero-order valence-corrected chi connectivity index (χ0v) is 13.1. The average Bonchev–Trinajstić information content (AvgIpc) is 2.75. The maximum atomic E-state index is 12.0. The van der Waals surface area contributed by atoms with E-state index in [9.17, 15) is 13.2 Å². The van der Waals surface area contributed by atoms with Crippen molar-refractivity contribution in [3.05, 3.63) is 23.8 Å². The first-order valence-electron chi connectivity index (χ1n) is 6.24. The molecule has 1 aromatic carbocycles. The molecule has 0 saturated carbocycles. The Kier molecular flexibility index (Phi) is 4.76. The maximum Gasteiger partial charge on any atom is 0.251 e. The van der Waals surface area contributed by atoms with Crippen molar-refractivity contribution in [2.24, 2.45) is 0 Å². The normalized spacial score (nSPS) is 11.7. The Balaban J connectivity index is 1.87. The average molecular weight is 328 g/mol. The summed E-state index contributed by atoms with van der Waals surface area (Å²) in [4.78, 5) is 16.1. The van der Waals surface area contributed by atoms with E-state index < -0.39 is 10.0 Å². The number of benzene rings is 1. The number of hydrogen-bond donors (Lipinski definition) is 3. The van der Waals surface area contributed by atoms with Crippen molar-refractivity contribution in [3.8, 4) is 0 Å². The predicted octanol–water partition coefficient (Wildman–Crippen LogP) is 0.548. The predicted molar refractivity (Wildman–Crippen MR) is 83.8 cm³/mol. The summed E-state index contributed by atoms with van der Waals surface area (Å²) in [6.45, 7) is 0.688. The summed E-state index contributed by atoms with van der Waals surface area (Å²) in [5.41, 5.74) is 6.92. The van der Waals surface area contributed by atoms with E-state index in [1.807, 2.05) is 0 Å². The van der Waals surface area contributed by atoms with Crippen LogP contribution >= 0.6 is 11.3 Å². The number of nitrogen functional groups attached to an aromatic ring is 1. The molecule has 0 bridgehead atoms. The van der Waals surface area contributed by atoms with Crippen LogP contribution in [0.5, 0.6) is 0 Å². The number of nitrogens with one attached hydrogen (secondary N) is 2. The quantitative estimate of drug-likeness (QED) is 0.670. The van der Waals surface area contributed by atoms with Gasteiger partial charge in [0.25, 0.3) is 5.91 Å². The Labute approximate surface area is 126 Å². The molecule has 9 heteroatoms. The van der Waals surface area contributed by atoms with Crippen molar-refractivity contribution in [1.29, 1.82) is 0 Å². The number of hydrogen-bond acceptors (Lipinski definition) is 6. The minimum atomic E-state index is -3.18. The molecule has 0 radical (unpaired) electrons. The van der Waals surface area contributed by atoms with Gasteiger partial charge < -0.3 is 11.1 Å². The van der Waals surface area contributed by atoms with E-state index in [0.29, 0.717) is 30.2 Å². The zero-order chi connectivity index (χ0) is 15.5. The first-order chi connectivity index (χ1) is 9.85. The van der Waals surface area contributed by atoms with Crippen molar-refractivity contribution in [3.63, 3.8) is 0 Å². The molecule has 2 aromatic rings. The summed E-state index contributed by atoms with van der Waals surface area (Å²) in [7, 11) is -3.18. The van der Waals surface area contributed by atoms with E-state index in [4.69, 9.17) is 5.73 Å². The number of amides is 1. The lowest BCUT2D eigenvalue weighted by atomic mass is 10.2. The van der Waals surface area contributed by atoms with Crippen LogP contribution in [0.2, 0.25) is 0 Å². The van der Waals surface area contributed by atoms with Gasteiger partial charge in [0.2, 0.25) is 10.0 Å². The van der Waals surface area contributed by atoms with E-state index in [-0.39, 0.29) is 5.91 Å². The Morgan fingerprint density at radius 2 is 2.14 bits per heavy atom. The monoisotopic (exact) mass is 328 g/mol. The lowest BCUT2D eigenvalue weighted by molar-refractivity contribution is 0.0953. The molecule has 0 atom stereocenters. The smallest absolute Gasteiger partial charge is 0.251 e. The fourth-order valence-electron chi connectivity index (χ4n) is 1.73. The molecule has 7 nitrogen and oxygen atoms in total. The second-order valence-electron chi connectivity index (χ2n) is 4.51. The zero-order valence-electron chi connectivity index (χ0n) is 11.4. The molecule has 0 aliphatic carbocycles. The first kappa shape index (κ1) is 15.7. The number of fused-ring (bicyclic) bond motifs is 1. The Bertz CT molecular complexity index is 755. The molecule has 0 aliphatic rings. The van der Waals surface area contributed by atoms with E-state index in [2.05, 4.69) is 15.0 Å². The van der Waals surface area contributed by atoms with Crippen molar-refractivity contribution < 1.29 is 13.2 Å². The van der Waals surface area contributed by atoms with Crippen LogP contribution in [0, 0.1) is 0 Å². The van der Waals surface area contributed by atoms with Gasteiger partial charge in [-0.25, -0.2) is 18.1 Å². The van der Waals surface area contributed by atoms with Crippen LogP contribution in [0.15, 0.2) is 18.2 Å². The fourth-order valence-corrected chi connectivity index (χ4v) is 3.02. The largest absolute Gasteiger partial charge is 0.375 e. The third-order valence-electron chi connectivity index (χ3n) is 2.67. The van der Waals surface area contributed by atoms with Crippen LogP contribution in [-0.4, -0.2) is 38.7 Å². The van der Waals surface area contributed by atoms with Gasteiger partial charge in [-0.2, -0.15) is 0 Å². The maximum absolute atomic E-state index is 12.0. The highest BCUT2D eigenvalue weighted by atomic mass is 32.2. The molecule has 0 unspecified atom stereocenters. The first-order valence-corrected chi connectivity index (χ1v) is 8.95. The van der Waals surface area contributed by atoms with Crippen molar-refractivity contribution in [2.45, 2.75) is 6.42 Å². The summed E-state index contributed by atoms with van der Waals surface area (Å²) in [6.07, 6.45) is 1.62. The van der Waals surface area contributed by atoms with Crippen LogP contribution < -0.4 is 15.8 Å². The van der Waals surface area contributed by atoms with Gasteiger partial charge in [-0.3, -0.25) is 4.79 Å². The number of carbonyl (C=O) groups is 1. The number of rotatable bonds is 6. The number of nitrogens with zero attached hydrogens (tertiary/aromatic N) is 1. The highest BCUT2D eigenvalue weighted by Crippen LogP contribution is 2.24. The van der Waals surface area contributed by atoms with Gasteiger partial charge >= 0.3 is 0 Å². The van der Waals surface area contributed by atoms with Gasteiger partial charge in [0, 0.05) is 18.7 Å². The van der Waals surface area contributed by atoms with Crippen LogP contribution in [0.4, 0.5) is 5.13 Å². The van der Waals surface area contributed by atoms with Gasteiger partial charge in [0.1, 0.15) is 0 Å². The minimum Gasteiger partial charge on any atom is -0.375 e. The van der Waals surface area contributed by atoms with E-state index in [1.165, 1.54) is 11.3 Å². The summed E-state index contributed by atoms with van der Waals surface area (Å²) in [5, 5.41) is 3.20. The Hall–Kier alpha value is -1.71. The van der Waals surface area contributed by atoms with Crippen molar-refractivity contribution >= 4 is 42.6 Å². The van der Waals surface area contributed by atoms with Gasteiger partial charge in [-0.1, -0.05) is 11.3 Å². The van der Waals surface area contributed by atoms with E-state index in [1.54, 1.807) is 18.2 Å². The van der Waals surface area contributed by atoms with Gasteiger partial charge in [-0.05, 0) is 24.6 Å². The van der Waals surface area contributed by atoms with Crippen LogP contribution in [-0.2, 0) is 10.0 Å². The summed E-state index contributed by atoms with van der Waals surface area (Å²) >= 11 is 1.33. The summed E-state index contributed by atoms with van der Waals surface area (Å²) in [6, 6.07) is 5.18. The topological polar surface area (TPSA) is 114 Å². The molecule has 0 saturated heterocycles. The number of thiazole rings is 1. The van der Waals surface area contributed by atoms with Gasteiger partial charge in [0.15, 0.2) is 5.13 Å². The SMILES string of the molecule is CS(=O)(=O)NCCCNC(=O)c1ccc2nc(N)sc2c1. The molecule has 0 spiro atoms. The number of carbonyl (C=O) groups excluding carboxylic acids is 1. The third-order valence-corrected chi connectivity index (χ3v) is 4.25. The second kappa shape index (κ2) is 6.37. The number of aromatic nitrogens is 1. The summed E-state index contributed by atoms with van der Waals surface area (Å²) < 4.78 is 24.9. The number of anilines is 1. The molecule has 4 N–H and O–H groups in total. The van der Waals surface area contributed by atoms with Crippen LogP contribution in [0.3, 0.4) is 0 Å². The molecule has 1 aromatic heterocycles. The van der Waals surface area contributed by atoms with Gasteiger partial charge in [-0.15, -0.1) is 0 Å². The lowest BCUT2D eigenvalue weighted by Crippen LogP contribution is -2.29. The molecule has 0 aliphatic heterocycles.